The van der Waals surface area contributed by atoms with Gasteiger partial charge in [0.15, 0.2) is 17.9 Å². The Labute approximate surface area is 151 Å². The summed E-state index contributed by atoms with van der Waals surface area (Å²) in [6, 6.07) is 7.44. The van der Waals surface area contributed by atoms with Crippen LogP contribution in [-0.2, 0) is 9.47 Å². The molecule has 5 heteroatoms. The van der Waals surface area contributed by atoms with Gasteiger partial charge in [-0.1, -0.05) is 31.2 Å². The van der Waals surface area contributed by atoms with E-state index in [2.05, 4.69) is 0 Å². The van der Waals surface area contributed by atoms with Crippen molar-refractivity contribution in [1.82, 2.24) is 0 Å². The van der Waals surface area contributed by atoms with Gasteiger partial charge in [0.2, 0.25) is 0 Å². The second kappa shape index (κ2) is 8.23. The van der Waals surface area contributed by atoms with Crippen molar-refractivity contribution in [2.75, 3.05) is 13.2 Å². The molecular formula is C21H23F3O2. The van der Waals surface area contributed by atoms with Crippen LogP contribution in [0.3, 0.4) is 0 Å². The predicted molar refractivity (Wildman–Crippen MR) is 94.4 cm³/mol. The van der Waals surface area contributed by atoms with E-state index in [9.17, 15) is 13.2 Å². The minimum atomic E-state index is -1.02. The van der Waals surface area contributed by atoms with E-state index in [-0.39, 0.29) is 35.5 Å². The molecule has 0 spiro atoms. The first-order valence-corrected chi connectivity index (χ1v) is 8.98. The van der Waals surface area contributed by atoms with Crippen LogP contribution in [0.5, 0.6) is 0 Å². The van der Waals surface area contributed by atoms with Crippen molar-refractivity contribution in [2.45, 2.75) is 45.3 Å². The maximum atomic E-state index is 14.7. The minimum Gasteiger partial charge on any atom is -0.353 e. The number of halogens is 3. The molecule has 2 aromatic rings. The van der Waals surface area contributed by atoms with E-state index in [0.29, 0.717) is 19.4 Å². The average Bonchev–Trinajstić information content (AvgIpc) is 2.63. The van der Waals surface area contributed by atoms with Gasteiger partial charge in [-0.05, 0) is 43.4 Å². The van der Waals surface area contributed by atoms with E-state index in [4.69, 9.17) is 9.47 Å². The SMILES string of the molecule is CCCOC1CCC(c2ccc(-c3ccc(C)cc3F)c(F)c2F)CO1. The number of rotatable bonds is 5. The van der Waals surface area contributed by atoms with Gasteiger partial charge in [0.25, 0.3) is 0 Å². The second-order valence-electron chi connectivity index (χ2n) is 6.72. The van der Waals surface area contributed by atoms with Crippen LogP contribution in [0.4, 0.5) is 13.2 Å². The summed E-state index contributed by atoms with van der Waals surface area (Å²) in [7, 11) is 0. The van der Waals surface area contributed by atoms with Gasteiger partial charge < -0.3 is 9.47 Å². The Morgan fingerprint density at radius 3 is 2.46 bits per heavy atom. The molecule has 3 rings (SSSR count). The minimum absolute atomic E-state index is 0.0615. The van der Waals surface area contributed by atoms with E-state index in [1.54, 1.807) is 13.0 Å². The summed E-state index contributed by atoms with van der Waals surface area (Å²) in [4.78, 5) is 0. The lowest BCUT2D eigenvalue weighted by atomic mass is 9.90. The number of ether oxygens (including phenoxy) is 2. The highest BCUT2D eigenvalue weighted by Crippen LogP contribution is 2.35. The van der Waals surface area contributed by atoms with E-state index in [1.165, 1.54) is 24.3 Å². The third-order valence-electron chi connectivity index (χ3n) is 4.71. The summed E-state index contributed by atoms with van der Waals surface area (Å²) < 4.78 is 54.6. The van der Waals surface area contributed by atoms with Gasteiger partial charge in [0.1, 0.15) is 5.82 Å². The molecule has 1 aliphatic heterocycles. The maximum Gasteiger partial charge on any atom is 0.167 e. The summed E-state index contributed by atoms with van der Waals surface area (Å²) in [6.45, 7) is 4.66. The molecule has 2 nitrogen and oxygen atoms in total. The Morgan fingerprint density at radius 2 is 1.81 bits per heavy atom. The Kier molecular flexibility index (Phi) is 5.99. The highest BCUT2D eigenvalue weighted by Gasteiger charge is 2.27. The summed E-state index contributed by atoms with van der Waals surface area (Å²) in [5.74, 6) is -2.74. The summed E-state index contributed by atoms with van der Waals surface area (Å²) >= 11 is 0. The molecule has 0 radical (unpaired) electrons. The molecule has 2 aromatic carbocycles. The van der Waals surface area contributed by atoms with E-state index < -0.39 is 17.5 Å². The van der Waals surface area contributed by atoms with Gasteiger partial charge in [0, 0.05) is 23.7 Å². The van der Waals surface area contributed by atoms with Crippen molar-refractivity contribution >= 4 is 0 Å². The van der Waals surface area contributed by atoms with Crippen LogP contribution in [0.25, 0.3) is 11.1 Å². The molecule has 0 aliphatic carbocycles. The van der Waals surface area contributed by atoms with Crippen LogP contribution in [0, 0.1) is 24.4 Å². The van der Waals surface area contributed by atoms with Crippen LogP contribution in [-0.4, -0.2) is 19.5 Å². The van der Waals surface area contributed by atoms with E-state index in [1.807, 2.05) is 6.92 Å². The molecule has 0 amide bonds. The summed E-state index contributed by atoms with van der Waals surface area (Å²) in [5.41, 5.74) is 0.992. The maximum absolute atomic E-state index is 14.7. The van der Waals surface area contributed by atoms with Gasteiger partial charge in [-0.3, -0.25) is 0 Å². The van der Waals surface area contributed by atoms with Crippen molar-refractivity contribution in [2.24, 2.45) is 0 Å². The van der Waals surface area contributed by atoms with Crippen molar-refractivity contribution in [1.29, 1.82) is 0 Å². The first kappa shape index (κ1) is 18.9. The predicted octanol–water partition coefficient (Wildman–Crippen LogP) is 5.73. The van der Waals surface area contributed by atoms with Gasteiger partial charge >= 0.3 is 0 Å². The molecular weight excluding hydrogens is 341 g/mol. The van der Waals surface area contributed by atoms with E-state index in [0.717, 1.165) is 12.0 Å². The normalized spacial score (nSPS) is 20.3. The van der Waals surface area contributed by atoms with Crippen LogP contribution in [0.2, 0.25) is 0 Å². The molecule has 1 aliphatic rings. The van der Waals surface area contributed by atoms with Gasteiger partial charge in [-0.15, -0.1) is 0 Å². The lowest BCUT2D eigenvalue weighted by molar-refractivity contribution is -0.167. The zero-order valence-corrected chi connectivity index (χ0v) is 15.0. The second-order valence-corrected chi connectivity index (χ2v) is 6.72. The molecule has 2 unspecified atom stereocenters. The number of aryl methyl sites for hydroxylation is 1. The van der Waals surface area contributed by atoms with Crippen molar-refractivity contribution < 1.29 is 22.6 Å². The Bertz CT molecular complexity index is 768. The molecule has 1 saturated heterocycles. The molecule has 1 heterocycles. The number of hydrogen-bond donors (Lipinski definition) is 0. The largest absolute Gasteiger partial charge is 0.353 e. The molecule has 0 saturated carbocycles. The highest BCUT2D eigenvalue weighted by molar-refractivity contribution is 5.66. The zero-order valence-electron chi connectivity index (χ0n) is 15.0. The Hall–Kier alpha value is -1.85. The lowest BCUT2D eigenvalue weighted by Crippen LogP contribution is -2.28. The molecule has 26 heavy (non-hydrogen) atoms. The first-order valence-electron chi connectivity index (χ1n) is 8.98. The molecule has 1 fully saturated rings. The standard InChI is InChI=1S/C21H23F3O2/c1-3-10-25-19-9-5-14(12-26-19)15-7-8-17(21(24)20(15)23)16-6-4-13(2)11-18(16)22/h4,6-8,11,14,19H,3,5,9-10,12H2,1-2H3. The monoisotopic (exact) mass is 364 g/mol. The Morgan fingerprint density at radius 1 is 1.04 bits per heavy atom. The fourth-order valence-electron chi connectivity index (χ4n) is 3.28. The molecule has 2 atom stereocenters. The molecule has 0 N–H and O–H groups in total. The highest BCUT2D eigenvalue weighted by atomic mass is 19.2. The third-order valence-corrected chi connectivity index (χ3v) is 4.71. The van der Waals surface area contributed by atoms with E-state index >= 15 is 0 Å². The van der Waals surface area contributed by atoms with Crippen LogP contribution in [0.15, 0.2) is 30.3 Å². The molecule has 0 aromatic heterocycles. The molecule has 140 valence electrons. The molecule has 0 bridgehead atoms. The zero-order chi connectivity index (χ0) is 18.7. The smallest absolute Gasteiger partial charge is 0.167 e. The van der Waals surface area contributed by atoms with Crippen LogP contribution >= 0.6 is 0 Å². The Balaban J connectivity index is 1.80. The fraction of sp³-hybridized carbons (Fsp3) is 0.429. The number of benzene rings is 2. The third kappa shape index (κ3) is 3.94. The van der Waals surface area contributed by atoms with Crippen LogP contribution < -0.4 is 0 Å². The number of hydrogen-bond acceptors (Lipinski definition) is 2. The van der Waals surface area contributed by atoms with Crippen molar-refractivity contribution in [3.63, 3.8) is 0 Å². The topological polar surface area (TPSA) is 18.5 Å². The lowest BCUT2D eigenvalue weighted by Gasteiger charge is -2.29. The quantitative estimate of drug-likeness (QED) is 0.675. The van der Waals surface area contributed by atoms with Gasteiger partial charge in [-0.2, -0.15) is 0 Å². The van der Waals surface area contributed by atoms with Gasteiger partial charge in [0.05, 0.1) is 6.61 Å². The van der Waals surface area contributed by atoms with Crippen molar-refractivity contribution in [3.8, 4) is 11.1 Å². The van der Waals surface area contributed by atoms with Crippen molar-refractivity contribution in [3.05, 3.63) is 58.9 Å². The average molecular weight is 364 g/mol. The fourth-order valence-corrected chi connectivity index (χ4v) is 3.28. The van der Waals surface area contributed by atoms with Crippen LogP contribution in [0.1, 0.15) is 43.2 Å². The van der Waals surface area contributed by atoms with Gasteiger partial charge in [-0.25, -0.2) is 13.2 Å². The summed E-state index contributed by atoms with van der Waals surface area (Å²) in [5, 5.41) is 0. The summed E-state index contributed by atoms with van der Waals surface area (Å²) in [6.07, 6.45) is 1.92. The first-order chi connectivity index (χ1) is 12.5.